The van der Waals surface area contributed by atoms with Gasteiger partial charge in [0.05, 0.1) is 21.3 Å². The molecular formula is C24H21Cl2F3N2O4S. The lowest BCUT2D eigenvalue weighted by Gasteiger charge is -2.27. The van der Waals surface area contributed by atoms with E-state index in [1.807, 2.05) is 13.8 Å². The Morgan fingerprint density at radius 2 is 1.58 bits per heavy atom. The average molecular weight is 561 g/mol. The number of nitrogens with zero attached hydrogens (tertiary/aromatic N) is 1. The van der Waals surface area contributed by atoms with Crippen LogP contribution in [0.4, 0.5) is 23.7 Å². The number of hydrogen-bond acceptors (Lipinski definition) is 4. The first-order valence-corrected chi connectivity index (χ1v) is 12.7. The summed E-state index contributed by atoms with van der Waals surface area (Å²) in [5, 5.41) is 3.26. The number of anilines is 1. The third-order valence-corrected chi connectivity index (χ3v) is 6.88. The highest BCUT2D eigenvalue weighted by molar-refractivity contribution is 7.87. The summed E-state index contributed by atoms with van der Waals surface area (Å²) in [4.78, 5) is 13.8. The van der Waals surface area contributed by atoms with Gasteiger partial charge in [0, 0.05) is 12.6 Å². The second-order valence-corrected chi connectivity index (χ2v) is 10.3. The summed E-state index contributed by atoms with van der Waals surface area (Å²) in [6.45, 7) is 3.78. The highest BCUT2D eigenvalue weighted by Gasteiger charge is 2.32. The Kier molecular flexibility index (Phi) is 8.43. The van der Waals surface area contributed by atoms with Crippen LogP contribution in [-0.4, -0.2) is 25.4 Å². The molecule has 36 heavy (non-hydrogen) atoms. The van der Waals surface area contributed by atoms with Gasteiger partial charge in [0.25, 0.3) is 0 Å². The number of hydrogen-bond donors (Lipinski definition) is 1. The van der Waals surface area contributed by atoms with Crippen molar-refractivity contribution in [2.24, 2.45) is 0 Å². The highest BCUT2D eigenvalue weighted by atomic mass is 35.5. The number of carbonyl (C=O) groups is 1. The first-order chi connectivity index (χ1) is 16.8. The number of alkyl halides is 3. The normalized spacial score (nSPS) is 11.9. The van der Waals surface area contributed by atoms with Crippen molar-refractivity contribution in [3.63, 3.8) is 0 Å². The molecule has 1 N–H and O–H groups in total. The standard InChI is InChI=1S/C24H21Cl2F3N2O4S/c1-15(2)31(23(32)30-22-20(25)7-4-8-21(22)26)14-16-9-11-18(12-10-16)35-36(33,34)19-6-3-5-17(13-19)24(27,28)29/h3-13,15H,14H2,1-2H3,(H,30,32). The Hall–Kier alpha value is -2.95. The quantitative estimate of drug-likeness (QED) is 0.309. The zero-order valence-electron chi connectivity index (χ0n) is 19.0. The van der Waals surface area contributed by atoms with E-state index >= 15 is 0 Å². The number of nitrogens with one attached hydrogen (secondary N) is 1. The van der Waals surface area contributed by atoms with Crippen molar-refractivity contribution in [2.45, 2.75) is 37.5 Å². The molecule has 12 heteroatoms. The fourth-order valence-corrected chi connectivity index (χ4v) is 4.60. The summed E-state index contributed by atoms with van der Waals surface area (Å²) in [7, 11) is -4.50. The third-order valence-electron chi connectivity index (χ3n) is 5.01. The number of urea groups is 1. The van der Waals surface area contributed by atoms with Gasteiger partial charge < -0.3 is 14.4 Å². The fraction of sp³-hybridized carbons (Fsp3) is 0.208. The van der Waals surface area contributed by atoms with E-state index in [9.17, 15) is 26.4 Å². The van der Waals surface area contributed by atoms with E-state index < -0.39 is 32.8 Å². The van der Waals surface area contributed by atoms with Crippen LogP contribution in [0.25, 0.3) is 0 Å². The minimum atomic E-state index is -4.70. The zero-order valence-corrected chi connectivity index (χ0v) is 21.3. The summed E-state index contributed by atoms with van der Waals surface area (Å²) in [5.41, 5.74) is -0.180. The van der Waals surface area contributed by atoms with Crippen LogP contribution >= 0.6 is 23.2 Å². The van der Waals surface area contributed by atoms with Crippen molar-refractivity contribution in [1.82, 2.24) is 4.90 Å². The van der Waals surface area contributed by atoms with E-state index in [2.05, 4.69) is 5.32 Å². The molecule has 6 nitrogen and oxygen atoms in total. The molecule has 0 saturated carbocycles. The van der Waals surface area contributed by atoms with Crippen LogP contribution in [0.1, 0.15) is 25.0 Å². The zero-order chi connectivity index (χ0) is 26.7. The Morgan fingerprint density at radius 1 is 1.00 bits per heavy atom. The van der Waals surface area contributed by atoms with Gasteiger partial charge in [-0.2, -0.15) is 21.6 Å². The van der Waals surface area contributed by atoms with Gasteiger partial charge in [0.15, 0.2) is 0 Å². The van der Waals surface area contributed by atoms with E-state index in [1.54, 1.807) is 30.3 Å². The van der Waals surface area contributed by atoms with E-state index in [0.29, 0.717) is 11.6 Å². The van der Waals surface area contributed by atoms with Crippen molar-refractivity contribution < 1.29 is 30.6 Å². The van der Waals surface area contributed by atoms with E-state index in [-0.39, 0.29) is 34.1 Å². The molecule has 0 saturated heterocycles. The molecule has 2 amide bonds. The molecule has 3 aromatic carbocycles. The maximum atomic E-state index is 12.9. The van der Waals surface area contributed by atoms with Gasteiger partial charge in [-0.05, 0) is 61.9 Å². The minimum Gasteiger partial charge on any atom is -0.379 e. The first-order valence-electron chi connectivity index (χ1n) is 10.5. The molecule has 0 heterocycles. The van der Waals surface area contributed by atoms with Gasteiger partial charge >= 0.3 is 22.3 Å². The van der Waals surface area contributed by atoms with E-state index in [1.165, 1.54) is 17.0 Å². The van der Waals surface area contributed by atoms with Crippen LogP contribution < -0.4 is 9.50 Å². The average Bonchev–Trinajstić information content (AvgIpc) is 2.80. The maximum absolute atomic E-state index is 12.9. The minimum absolute atomic E-state index is 0.0976. The molecule has 0 aliphatic carbocycles. The van der Waals surface area contributed by atoms with Crippen LogP contribution in [-0.2, 0) is 22.8 Å². The van der Waals surface area contributed by atoms with Crippen molar-refractivity contribution in [3.05, 3.63) is 87.9 Å². The Morgan fingerprint density at radius 3 is 2.14 bits per heavy atom. The monoisotopic (exact) mass is 560 g/mol. The third kappa shape index (κ3) is 6.83. The number of para-hydroxylation sites is 1. The van der Waals surface area contributed by atoms with Crippen molar-refractivity contribution in [3.8, 4) is 5.75 Å². The van der Waals surface area contributed by atoms with Crippen LogP contribution in [0.15, 0.2) is 71.6 Å². The van der Waals surface area contributed by atoms with Crippen molar-refractivity contribution >= 4 is 45.0 Å². The smallest absolute Gasteiger partial charge is 0.379 e. The summed E-state index contributed by atoms with van der Waals surface area (Å²) >= 11 is 12.3. The number of amides is 2. The molecule has 0 aliphatic heterocycles. The maximum Gasteiger partial charge on any atom is 0.416 e. The molecule has 3 aromatic rings. The van der Waals surface area contributed by atoms with E-state index in [0.717, 1.165) is 18.2 Å². The van der Waals surface area contributed by atoms with Crippen LogP contribution in [0.3, 0.4) is 0 Å². The summed E-state index contributed by atoms with van der Waals surface area (Å²) in [5.74, 6) is -0.0976. The van der Waals surface area contributed by atoms with Crippen LogP contribution in [0, 0.1) is 0 Å². The lowest BCUT2D eigenvalue weighted by atomic mass is 10.2. The molecule has 0 aliphatic rings. The lowest BCUT2D eigenvalue weighted by Crippen LogP contribution is -2.39. The molecule has 0 aromatic heterocycles. The summed E-state index contributed by atoms with van der Waals surface area (Å²) in [6, 6.07) is 13.2. The van der Waals surface area contributed by atoms with Crippen LogP contribution in [0.5, 0.6) is 5.75 Å². The van der Waals surface area contributed by atoms with Gasteiger partial charge in [-0.25, -0.2) is 4.79 Å². The Balaban J connectivity index is 1.73. The molecule has 0 radical (unpaired) electrons. The molecule has 0 fully saturated rings. The SMILES string of the molecule is CC(C)N(Cc1ccc(OS(=O)(=O)c2cccc(C(F)(F)F)c2)cc1)C(=O)Nc1c(Cl)cccc1Cl. The molecule has 0 unspecified atom stereocenters. The van der Waals surface area contributed by atoms with Crippen LogP contribution in [0.2, 0.25) is 10.0 Å². The van der Waals surface area contributed by atoms with Crippen molar-refractivity contribution in [1.29, 1.82) is 0 Å². The highest BCUT2D eigenvalue weighted by Crippen LogP contribution is 2.32. The van der Waals surface area contributed by atoms with Gasteiger partial charge in [0.2, 0.25) is 0 Å². The molecular weight excluding hydrogens is 540 g/mol. The second-order valence-electron chi connectivity index (χ2n) is 7.96. The second kappa shape index (κ2) is 11.0. The number of benzene rings is 3. The predicted molar refractivity (Wildman–Crippen MR) is 132 cm³/mol. The van der Waals surface area contributed by atoms with Gasteiger partial charge in [0.1, 0.15) is 10.6 Å². The largest absolute Gasteiger partial charge is 0.416 e. The van der Waals surface area contributed by atoms with Gasteiger partial charge in [-0.3, -0.25) is 0 Å². The summed E-state index contributed by atoms with van der Waals surface area (Å²) < 4.78 is 68.7. The summed E-state index contributed by atoms with van der Waals surface area (Å²) in [6.07, 6.45) is -4.70. The fourth-order valence-electron chi connectivity index (χ4n) is 3.13. The first kappa shape index (κ1) is 27.6. The molecule has 3 rings (SSSR count). The van der Waals surface area contributed by atoms with Crippen molar-refractivity contribution in [2.75, 3.05) is 5.32 Å². The molecule has 0 spiro atoms. The topological polar surface area (TPSA) is 75.7 Å². The Bertz CT molecular complexity index is 1330. The number of carbonyl (C=O) groups excluding carboxylic acids is 1. The number of rotatable bonds is 7. The molecule has 0 bridgehead atoms. The van der Waals surface area contributed by atoms with Gasteiger partial charge in [-0.1, -0.05) is 47.5 Å². The van der Waals surface area contributed by atoms with Gasteiger partial charge in [-0.15, -0.1) is 0 Å². The molecule has 0 atom stereocenters. The predicted octanol–water partition coefficient (Wildman–Crippen LogP) is 7.22. The van der Waals surface area contributed by atoms with E-state index in [4.69, 9.17) is 27.4 Å². The molecule has 192 valence electrons. The number of halogens is 5. The Labute approximate surface area is 216 Å². The lowest BCUT2D eigenvalue weighted by molar-refractivity contribution is -0.137.